The number of nitrogens with zero attached hydrogens (tertiary/aromatic N) is 1. The van der Waals surface area contributed by atoms with Gasteiger partial charge in [-0.25, -0.2) is 4.79 Å². The number of esters is 1. The summed E-state index contributed by atoms with van der Waals surface area (Å²) in [5.41, 5.74) is 1.83. The van der Waals surface area contributed by atoms with Gasteiger partial charge in [0.2, 0.25) is 0 Å². The van der Waals surface area contributed by atoms with Crippen LogP contribution in [0.3, 0.4) is 0 Å². The van der Waals surface area contributed by atoms with E-state index in [1.54, 1.807) is 50.5 Å². The van der Waals surface area contributed by atoms with Crippen molar-refractivity contribution in [3.05, 3.63) is 59.7 Å². The third kappa shape index (κ3) is 4.44. The molecule has 0 bridgehead atoms. The molecule has 0 radical (unpaired) electrons. The van der Waals surface area contributed by atoms with Crippen LogP contribution in [-0.2, 0) is 20.7 Å². The van der Waals surface area contributed by atoms with E-state index in [-0.39, 0.29) is 12.5 Å². The molecule has 1 atom stereocenters. The first-order valence-electron chi connectivity index (χ1n) is 8.47. The lowest BCUT2D eigenvalue weighted by atomic mass is 9.98. The van der Waals surface area contributed by atoms with Gasteiger partial charge >= 0.3 is 5.97 Å². The van der Waals surface area contributed by atoms with Gasteiger partial charge < -0.3 is 19.7 Å². The second-order valence-corrected chi connectivity index (χ2v) is 6.35. The van der Waals surface area contributed by atoms with Crippen molar-refractivity contribution in [1.82, 2.24) is 4.90 Å². The van der Waals surface area contributed by atoms with Gasteiger partial charge in [-0.05, 0) is 35.9 Å². The number of likely N-dealkylation sites (N-methyl/N-ethyl adjacent to an activating group) is 1. The highest BCUT2D eigenvalue weighted by Gasteiger charge is 2.31. The van der Waals surface area contributed by atoms with E-state index in [4.69, 9.17) is 9.47 Å². The standard InChI is InChI=1S/C20H20N2O5/c1-22(2)18(23)12-26-15-9-7-14(8-10-15)21-19(24)17-11-13-5-3-4-6-16(13)20(25)27-17/h3-10,17H,11-12H2,1-2H3,(H,21,24). The van der Waals surface area contributed by atoms with Crippen LogP contribution >= 0.6 is 0 Å². The van der Waals surface area contributed by atoms with Crippen LogP contribution in [0.4, 0.5) is 5.69 Å². The highest BCUT2D eigenvalue weighted by atomic mass is 16.5. The van der Waals surface area contributed by atoms with E-state index < -0.39 is 18.0 Å². The number of amides is 2. The molecule has 7 nitrogen and oxygen atoms in total. The lowest BCUT2D eigenvalue weighted by molar-refractivity contribution is -0.130. The molecular formula is C20H20N2O5. The van der Waals surface area contributed by atoms with Gasteiger partial charge in [-0.1, -0.05) is 18.2 Å². The topological polar surface area (TPSA) is 84.9 Å². The van der Waals surface area contributed by atoms with Crippen LogP contribution in [0.2, 0.25) is 0 Å². The highest BCUT2D eigenvalue weighted by molar-refractivity contribution is 6.00. The number of carbonyl (C=O) groups excluding carboxylic acids is 3. The molecule has 0 saturated carbocycles. The summed E-state index contributed by atoms with van der Waals surface area (Å²) in [5.74, 6) is -0.520. The number of anilines is 1. The van der Waals surface area contributed by atoms with Crippen molar-refractivity contribution in [3.63, 3.8) is 0 Å². The van der Waals surface area contributed by atoms with E-state index >= 15 is 0 Å². The quantitative estimate of drug-likeness (QED) is 0.815. The van der Waals surface area contributed by atoms with E-state index in [0.29, 0.717) is 23.4 Å². The average molecular weight is 368 g/mol. The molecule has 1 N–H and O–H groups in total. The Morgan fingerprint density at radius 1 is 1.15 bits per heavy atom. The monoisotopic (exact) mass is 368 g/mol. The molecule has 140 valence electrons. The molecule has 7 heteroatoms. The minimum atomic E-state index is -0.874. The Labute approximate surface area is 156 Å². The summed E-state index contributed by atoms with van der Waals surface area (Å²) < 4.78 is 10.6. The molecule has 1 unspecified atom stereocenters. The van der Waals surface area contributed by atoms with Gasteiger partial charge in [0, 0.05) is 26.2 Å². The molecule has 0 saturated heterocycles. The normalized spacial score (nSPS) is 15.3. The molecule has 3 rings (SSSR count). The van der Waals surface area contributed by atoms with Crippen LogP contribution in [-0.4, -0.2) is 49.5 Å². The fourth-order valence-electron chi connectivity index (χ4n) is 2.61. The van der Waals surface area contributed by atoms with E-state index in [9.17, 15) is 14.4 Å². The Kier molecular flexibility index (Phi) is 5.40. The minimum Gasteiger partial charge on any atom is -0.484 e. The average Bonchev–Trinajstić information content (AvgIpc) is 2.67. The molecule has 0 aromatic heterocycles. The number of fused-ring (bicyclic) bond motifs is 1. The molecule has 27 heavy (non-hydrogen) atoms. The maximum atomic E-state index is 12.4. The molecule has 1 aliphatic heterocycles. The first kappa shape index (κ1) is 18.4. The highest BCUT2D eigenvalue weighted by Crippen LogP contribution is 2.22. The molecule has 0 spiro atoms. The van der Waals surface area contributed by atoms with Crippen molar-refractivity contribution in [3.8, 4) is 5.75 Å². The maximum Gasteiger partial charge on any atom is 0.339 e. The number of nitrogens with one attached hydrogen (secondary N) is 1. The fraction of sp³-hybridized carbons (Fsp3) is 0.250. The molecule has 1 aliphatic rings. The summed E-state index contributed by atoms with van der Waals surface area (Å²) >= 11 is 0. The summed E-state index contributed by atoms with van der Waals surface area (Å²) in [6, 6.07) is 13.7. The molecule has 2 aromatic carbocycles. The molecule has 0 aliphatic carbocycles. The van der Waals surface area contributed by atoms with E-state index in [1.807, 2.05) is 12.1 Å². The number of benzene rings is 2. The summed E-state index contributed by atoms with van der Waals surface area (Å²) in [7, 11) is 3.31. The van der Waals surface area contributed by atoms with Crippen molar-refractivity contribution in [1.29, 1.82) is 0 Å². The summed E-state index contributed by atoms with van der Waals surface area (Å²) in [6.07, 6.45) is -0.539. The minimum absolute atomic E-state index is 0.0594. The Bertz CT molecular complexity index is 861. The summed E-state index contributed by atoms with van der Waals surface area (Å²) in [4.78, 5) is 37.4. The number of hydrogen-bond acceptors (Lipinski definition) is 5. The number of carbonyl (C=O) groups is 3. The van der Waals surface area contributed by atoms with E-state index in [1.165, 1.54) is 4.90 Å². The lowest BCUT2D eigenvalue weighted by Crippen LogP contribution is -2.37. The Balaban J connectivity index is 1.58. The van der Waals surface area contributed by atoms with Crippen LogP contribution in [0.1, 0.15) is 15.9 Å². The maximum absolute atomic E-state index is 12.4. The van der Waals surface area contributed by atoms with E-state index in [0.717, 1.165) is 5.56 Å². The largest absolute Gasteiger partial charge is 0.484 e. The SMILES string of the molecule is CN(C)C(=O)COc1ccc(NC(=O)C2Cc3ccccc3C(=O)O2)cc1. The molecule has 0 fully saturated rings. The van der Waals surface area contributed by atoms with Crippen molar-refractivity contribution < 1.29 is 23.9 Å². The smallest absolute Gasteiger partial charge is 0.339 e. The first-order valence-corrected chi connectivity index (χ1v) is 8.47. The number of ether oxygens (including phenoxy) is 2. The first-order chi connectivity index (χ1) is 12.9. The zero-order chi connectivity index (χ0) is 19.4. The third-order valence-corrected chi connectivity index (χ3v) is 4.17. The van der Waals surface area contributed by atoms with Crippen LogP contribution in [0, 0.1) is 0 Å². The van der Waals surface area contributed by atoms with Gasteiger partial charge in [-0.3, -0.25) is 9.59 Å². The van der Waals surface area contributed by atoms with Crippen molar-refractivity contribution in [2.24, 2.45) is 0 Å². The van der Waals surface area contributed by atoms with Crippen LogP contribution < -0.4 is 10.1 Å². The molecule has 1 heterocycles. The van der Waals surface area contributed by atoms with Crippen LogP contribution in [0.15, 0.2) is 48.5 Å². The zero-order valence-electron chi connectivity index (χ0n) is 15.1. The predicted octanol–water partition coefficient (Wildman–Crippen LogP) is 1.87. The molecule has 2 amide bonds. The second kappa shape index (κ2) is 7.90. The Hall–Kier alpha value is -3.35. The summed E-state index contributed by atoms with van der Waals surface area (Å²) in [6.45, 7) is -0.0594. The Morgan fingerprint density at radius 3 is 2.56 bits per heavy atom. The van der Waals surface area contributed by atoms with Gasteiger partial charge in [0.05, 0.1) is 5.56 Å². The van der Waals surface area contributed by atoms with Crippen LogP contribution in [0.25, 0.3) is 0 Å². The van der Waals surface area contributed by atoms with Gasteiger partial charge in [0.15, 0.2) is 12.7 Å². The van der Waals surface area contributed by atoms with Gasteiger partial charge in [-0.15, -0.1) is 0 Å². The van der Waals surface area contributed by atoms with E-state index in [2.05, 4.69) is 5.32 Å². The predicted molar refractivity (Wildman–Crippen MR) is 98.6 cm³/mol. The van der Waals surface area contributed by atoms with Gasteiger partial charge in [-0.2, -0.15) is 0 Å². The zero-order valence-corrected chi connectivity index (χ0v) is 15.1. The second-order valence-electron chi connectivity index (χ2n) is 6.35. The van der Waals surface area contributed by atoms with Crippen LogP contribution in [0.5, 0.6) is 5.75 Å². The van der Waals surface area contributed by atoms with Crippen molar-refractivity contribution >= 4 is 23.5 Å². The Morgan fingerprint density at radius 2 is 1.85 bits per heavy atom. The van der Waals surface area contributed by atoms with Crippen molar-refractivity contribution in [2.75, 3.05) is 26.0 Å². The third-order valence-electron chi connectivity index (χ3n) is 4.17. The van der Waals surface area contributed by atoms with Gasteiger partial charge in [0.1, 0.15) is 5.75 Å². The fourth-order valence-corrected chi connectivity index (χ4v) is 2.61. The van der Waals surface area contributed by atoms with Gasteiger partial charge in [0.25, 0.3) is 11.8 Å². The molecule has 2 aromatic rings. The van der Waals surface area contributed by atoms with Crippen molar-refractivity contribution in [2.45, 2.75) is 12.5 Å². The number of rotatable bonds is 5. The summed E-state index contributed by atoms with van der Waals surface area (Å²) in [5, 5.41) is 2.73. The molecular weight excluding hydrogens is 348 g/mol. The number of hydrogen-bond donors (Lipinski definition) is 1. The number of cyclic esters (lactones) is 1. The lowest BCUT2D eigenvalue weighted by Gasteiger charge is -2.23.